The Balaban J connectivity index is 1.96. The minimum Gasteiger partial charge on any atom is -0.363 e. The van der Waals surface area contributed by atoms with Gasteiger partial charge < -0.3 is 5.32 Å². The minimum atomic E-state index is -0.362. The van der Waals surface area contributed by atoms with Crippen molar-refractivity contribution in [2.75, 3.05) is 5.32 Å². The van der Waals surface area contributed by atoms with E-state index in [9.17, 15) is 4.39 Å². The summed E-state index contributed by atoms with van der Waals surface area (Å²) in [5.74, 6) is 0.274. The molecule has 0 radical (unpaired) electrons. The second-order valence-corrected chi connectivity index (χ2v) is 5.42. The van der Waals surface area contributed by atoms with Crippen LogP contribution in [0.5, 0.6) is 0 Å². The predicted octanol–water partition coefficient (Wildman–Crippen LogP) is 4.35. The van der Waals surface area contributed by atoms with Gasteiger partial charge in [0.15, 0.2) is 5.65 Å². The summed E-state index contributed by atoms with van der Waals surface area (Å²) in [6.45, 7) is 1.84. The van der Waals surface area contributed by atoms with Crippen LogP contribution in [0.4, 0.5) is 10.2 Å². The number of hydrogen-bond donors (Lipinski definition) is 1. The van der Waals surface area contributed by atoms with Crippen LogP contribution in [-0.2, 0) is 0 Å². The summed E-state index contributed by atoms with van der Waals surface area (Å²) in [6.07, 6.45) is 1.62. The molecule has 0 amide bonds. The summed E-state index contributed by atoms with van der Waals surface area (Å²) < 4.78 is 15.6. The Morgan fingerprint density at radius 1 is 1.24 bits per heavy atom. The first-order valence-corrected chi connectivity index (χ1v) is 7.02. The lowest BCUT2D eigenvalue weighted by Crippen LogP contribution is -2.12. The van der Waals surface area contributed by atoms with Gasteiger partial charge in [-0.15, -0.1) is 0 Å². The van der Waals surface area contributed by atoms with Crippen molar-refractivity contribution < 1.29 is 4.39 Å². The number of nitrogens with one attached hydrogen (secondary N) is 1. The minimum absolute atomic E-state index is 0.284. The number of benzene rings is 1. The molecule has 1 aromatic carbocycles. The molecule has 3 aromatic rings. The van der Waals surface area contributed by atoms with Crippen LogP contribution in [0.15, 0.2) is 36.5 Å². The molecular weight excluding hydrogens is 314 g/mol. The smallest absolute Gasteiger partial charge is 0.159 e. The van der Waals surface area contributed by atoms with Crippen molar-refractivity contribution >= 4 is 34.7 Å². The topological polar surface area (TPSA) is 42.2 Å². The van der Waals surface area contributed by atoms with Crippen molar-refractivity contribution in [2.45, 2.75) is 13.0 Å². The van der Waals surface area contributed by atoms with Crippen LogP contribution in [0.25, 0.3) is 5.65 Å². The second-order valence-electron chi connectivity index (χ2n) is 4.60. The maximum atomic E-state index is 14.0. The quantitative estimate of drug-likeness (QED) is 0.728. The number of rotatable bonds is 3. The maximum absolute atomic E-state index is 14.0. The molecule has 0 aliphatic rings. The van der Waals surface area contributed by atoms with E-state index in [1.165, 1.54) is 6.07 Å². The normalized spacial score (nSPS) is 12.6. The van der Waals surface area contributed by atoms with Crippen molar-refractivity contribution in [2.24, 2.45) is 0 Å². The molecule has 0 aliphatic heterocycles. The van der Waals surface area contributed by atoms with Gasteiger partial charge in [0.1, 0.15) is 16.8 Å². The lowest BCUT2D eigenvalue weighted by Gasteiger charge is -2.17. The lowest BCUT2D eigenvalue weighted by molar-refractivity contribution is 0.599. The predicted molar refractivity (Wildman–Crippen MR) is 81.4 cm³/mol. The highest BCUT2D eigenvalue weighted by atomic mass is 35.5. The van der Waals surface area contributed by atoms with Crippen molar-refractivity contribution in [3.8, 4) is 0 Å². The summed E-state index contributed by atoms with van der Waals surface area (Å²) >= 11 is 11.7. The molecule has 0 unspecified atom stereocenters. The van der Waals surface area contributed by atoms with Crippen molar-refractivity contribution in [1.82, 2.24) is 14.6 Å². The van der Waals surface area contributed by atoms with Gasteiger partial charge in [-0.3, -0.25) is 0 Å². The summed E-state index contributed by atoms with van der Waals surface area (Å²) in [7, 11) is 0. The van der Waals surface area contributed by atoms with Crippen molar-refractivity contribution in [3.63, 3.8) is 0 Å². The van der Waals surface area contributed by atoms with Crippen LogP contribution in [0.2, 0.25) is 10.2 Å². The average molecular weight is 325 g/mol. The Morgan fingerprint density at radius 3 is 2.81 bits per heavy atom. The first kappa shape index (κ1) is 14.1. The van der Waals surface area contributed by atoms with E-state index in [1.807, 2.05) is 6.92 Å². The summed E-state index contributed by atoms with van der Waals surface area (Å²) in [6, 6.07) is 7.70. The monoisotopic (exact) mass is 324 g/mol. The van der Waals surface area contributed by atoms with Gasteiger partial charge in [0.25, 0.3) is 0 Å². The van der Waals surface area contributed by atoms with Gasteiger partial charge in [0, 0.05) is 22.7 Å². The molecule has 2 aromatic heterocycles. The molecule has 21 heavy (non-hydrogen) atoms. The molecule has 0 bridgehead atoms. The molecule has 1 atom stereocenters. The molecule has 0 saturated carbocycles. The van der Waals surface area contributed by atoms with Gasteiger partial charge in [-0.2, -0.15) is 9.61 Å². The molecule has 4 nitrogen and oxygen atoms in total. The molecular formula is C14H11Cl2FN4. The van der Waals surface area contributed by atoms with Crippen molar-refractivity contribution in [3.05, 3.63) is 58.1 Å². The number of anilines is 1. The fourth-order valence-corrected chi connectivity index (χ4v) is 2.49. The Labute approximate surface area is 130 Å². The average Bonchev–Trinajstić information content (AvgIpc) is 2.86. The van der Waals surface area contributed by atoms with Crippen LogP contribution in [0.3, 0.4) is 0 Å². The molecule has 108 valence electrons. The summed E-state index contributed by atoms with van der Waals surface area (Å²) in [5.41, 5.74) is 1.13. The van der Waals surface area contributed by atoms with Crippen LogP contribution in [0.1, 0.15) is 18.5 Å². The molecule has 0 spiro atoms. The zero-order valence-electron chi connectivity index (χ0n) is 11.0. The Bertz CT molecular complexity index is 803. The zero-order valence-corrected chi connectivity index (χ0v) is 12.5. The molecule has 0 fully saturated rings. The summed E-state index contributed by atoms with van der Waals surface area (Å²) in [5, 5.41) is 8.05. The first-order chi connectivity index (χ1) is 10.0. The zero-order chi connectivity index (χ0) is 15.0. The first-order valence-electron chi connectivity index (χ1n) is 6.26. The van der Waals surface area contributed by atoms with Crippen LogP contribution >= 0.6 is 23.2 Å². The van der Waals surface area contributed by atoms with Gasteiger partial charge in [-0.1, -0.05) is 29.3 Å². The van der Waals surface area contributed by atoms with Gasteiger partial charge in [0.05, 0.1) is 12.2 Å². The number of aromatic nitrogens is 3. The second kappa shape index (κ2) is 5.50. The lowest BCUT2D eigenvalue weighted by atomic mass is 10.1. The van der Waals surface area contributed by atoms with Crippen LogP contribution in [-0.4, -0.2) is 14.6 Å². The number of fused-ring (bicyclic) bond motifs is 1. The molecule has 7 heteroatoms. The van der Waals surface area contributed by atoms with Crippen LogP contribution in [0, 0.1) is 5.82 Å². The Morgan fingerprint density at radius 2 is 2.05 bits per heavy atom. The highest BCUT2D eigenvalue weighted by molar-refractivity contribution is 6.30. The van der Waals surface area contributed by atoms with E-state index >= 15 is 0 Å². The third kappa shape index (κ3) is 2.80. The van der Waals surface area contributed by atoms with Crippen LogP contribution < -0.4 is 5.32 Å². The van der Waals surface area contributed by atoms with E-state index in [0.29, 0.717) is 27.2 Å². The fourth-order valence-electron chi connectivity index (χ4n) is 2.14. The largest absolute Gasteiger partial charge is 0.363 e. The number of nitrogens with zero attached hydrogens (tertiary/aromatic N) is 3. The van der Waals surface area contributed by atoms with Gasteiger partial charge in [-0.05, 0) is 19.1 Å². The number of halogens is 3. The van der Waals surface area contributed by atoms with E-state index in [-0.39, 0.29) is 11.9 Å². The third-order valence-electron chi connectivity index (χ3n) is 3.12. The molecule has 3 rings (SSSR count). The highest BCUT2D eigenvalue weighted by Crippen LogP contribution is 2.25. The van der Waals surface area contributed by atoms with E-state index in [2.05, 4.69) is 15.4 Å². The SMILES string of the molecule is C[C@@H](Nc1cc(Cl)nc2ccnn12)c1ccc(Cl)cc1F. The van der Waals surface area contributed by atoms with Gasteiger partial charge >= 0.3 is 0 Å². The Hall–Kier alpha value is -1.85. The van der Waals surface area contributed by atoms with Gasteiger partial charge in [-0.25, -0.2) is 9.37 Å². The Kier molecular flexibility index (Phi) is 3.69. The van der Waals surface area contributed by atoms with E-state index in [0.717, 1.165) is 0 Å². The van der Waals surface area contributed by atoms with E-state index < -0.39 is 0 Å². The molecule has 0 aliphatic carbocycles. The third-order valence-corrected chi connectivity index (χ3v) is 3.55. The highest BCUT2D eigenvalue weighted by Gasteiger charge is 2.14. The maximum Gasteiger partial charge on any atom is 0.159 e. The number of hydrogen-bond acceptors (Lipinski definition) is 3. The molecule has 2 heterocycles. The standard InChI is InChI=1S/C14H11Cl2FN4/c1-8(10-3-2-9(15)6-11(10)17)19-14-7-12(16)20-13-4-5-18-21(13)14/h2-8,19H,1H3/t8-/m1/s1. The van der Waals surface area contributed by atoms with Crippen molar-refractivity contribution in [1.29, 1.82) is 0 Å². The van der Waals surface area contributed by atoms with Gasteiger partial charge in [0.2, 0.25) is 0 Å². The van der Waals surface area contributed by atoms with E-state index in [4.69, 9.17) is 23.2 Å². The summed E-state index contributed by atoms with van der Waals surface area (Å²) in [4.78, 5) is 4.14. The molecule has 1 N–H and O–H groups in total. The fraction of sp³-hybridized carbons (Fsp3) is 0.143. The van der Waals surface area contributed by atoms with E-state index in [1.54, 1.807) is 35.0 Å². The molecule has 0 saturated heterocycles.